The van der Waals surface area contributed by atoms with E-state index in [1.165, 1.54) is 19.1 Å². The second kappa shape index (κ2) is 7.42. The van der Waals surface area contributed by atoms with Gasteiger partial charge in [0.2, 0.25) is 0 Å². The number of rotatable bonds is 6. The van der Waals surface area contributed by atoms with Gasteiger partial charge in [0, 0.05) is 31.6 Å². The first-order valence-electron chi connectivity index (χ1n) is 9.41. The molecule has 24 heavy (non-hydrogen) atoms. The van der Waals surface area contributed by atoms with E-state index in [0.717, 1.165) is 32.4 Å². The predicted molar refractivity (Wildman–Crippen MR) is 101 cm³/mol. The minimum Gasteiger partial charge on any atom is -0.322 e. The number of sulfone groups is 1. The van der Waals surface area contributed by atoms with E-state index in [-0.39, 0.29) is 17.6 Å². The Morgan fingerprint density at radius 1 is 1.29 bits per heavy atom. The number of piperidine rings is 1. The molecule has 0 bridgehead atoms. The summed E-state index contributed by atoms with van der Waals surface area (Å²) in [5, 5.41) is 0. The van der Waals surface area contributed by atoms with Crippen LogP contribution >= 0.6 is 0 Å². The van der Waals surface area contributed by atoms with Crippen LogP contribution in [0, 0.1) is 0 Å². The lowest BCUT2D eigenvalue weighted by molar-refractivity contribution is 0.105. The van der Waals surface area contributed by atoms with E-state index in [2.05, 4.69) is 18.7 Å². The zero-order chi connectivity index (χ0) is 18.0. The van der Waals surface area contributed by atoms with Gasteiger partial charge in [0.05, 0.1) is 16.3 Å². The Morgan fingerprint density at radius 2 is 1.92 bits per heavy atom. The lowest BCUT2D eigenvalue weighted by Gasteiger charge is -2.47. The lowest BCUT2D eigenvalue weighted by atomic mass is 9.79. The molecule has 2 heterocycles. The molecule has 0 amide bonds. The first-order valence-corrected chi connectivity index (χ1v) is 11.3. The van der Waals surface area contributed by atoms with Crippen molar-refractivity contribution in [1.82, 2.24) is 4.90 Å². The van der Waals surface area contributed by atoms with E-state index < -0.39 is 14.6 Å². The molecule has 3 atom stereocenters. The van der Waals surface area contributed by atoms with Gasteiger partial charge in [-0.1, -0.05) is 26.7 Å². The summed E-state index contributed by atoms with van der Waals surface area (Å²) in [5.41, 5.74) is 6.38. The molecule has 3 unspecified atom stereocenters. The zero-order valence-electron chi connectivity index (χ0n) is 15.8. The predicted octanol–water partition coefficient (Wildman–Crippen LogP) is 2.39. The Hall–Kier alpha value is -0.460. The molecule has 0 aliphatic carbocycles. The second-order valence-corrected chi connectivity index (χ2v) is 10.6. The number of hydrogen-bond donors (Lipinski definition) is 1. The van der Waals surface area contributed by atoms with Gasteiger partial charge in [-0.05, 0) is 39.0 Å². The number of likely N-dealkylation sites (tertiary alicyclic amines) is 1. The molecule has 0 aromatic heterocycles. The molecule has 5 nitrogen and oxygen atoms in total. The molecule has 0 aromatic carbocycles. The summed E-state index contributed by atoms with van der Waals surface area (Å²) in [6.07, 6.45) is 10.3. The van der Waals surface area contributed by atoms with Crippen molar-refractivity contribution in [1.29, 1.82) is 0 Å². The van der Waals surface area contributed by atoms with Gasteiger partial charge in [0.25, 0.3) is 0 Å². The van der Waals surface area contributed by atoms with E-state index in [4.69, 9.17) is 10.7 Å². The molecule has 140 valence electrons. The highest BCUT2D eigenvalue weighted by Crippen LogP contribution is 2.36. The molecule has 0 aromatic rings. The van der Waals surface area contributed by atoms with Gasteiger partial charge in [-0.15, -0.1) is 0 Å². The van der Waals surface area contributed by atoms with Crippen LogP contribution in [-0.2, 0) is 9.84 Å². The van der Waals surface area contributed by atoms with Crippen molar-refractivity contribution in [3.63, 3.8) is 0 Å². The largest absolute Gasteiger partial charge is 0.322 e. The van der Waals surface area contributed by atoms with Crippen molar-refractivity contribution < 1.29 is 8.42 Å². The number of unbranched alkanes of at least 4 members (excludes halogenated alkanes) is 1. The smallest absolute Gasteiger partial charge is 0.152 e. The van der Waals surface area contributed by atoms with Gasteiger partial charge in [-0.2, -0.15) is 0 Å². The van der Waals surface area contributed by atoms with Crippen LogP contribution in [0.1, 0.15) is 65.7 Å². The third kappa shape index (κ3) is 4.02. The summed E-state index contributed by atoms with van der Waals surface area (Å²) in [7, 11) is -3.02. The highest BCUT2D eigenvalue weighted by atomic mass is 32.2. The summed E-state index contributed by atoms with van der Waals surface area (Å²) in [6, 6.07) is 0.234. The molecular formula is C18H35N3O2S. The van der Waals surface area contributed by atoms with Gasteiger partial charge in [-0.3, -0.25) is 9.89 Å². The fourth-order valence-electron chi connectivity index (χ4n) is 4.08. The molecular weight excluding hydrogens is 322 g/mol. The van der Waals surface area contributed by atoms with Gasteiger partial charge < -0.3 is 5.73 Å². The van der Waals surface area contributed by atoms with Gasteiger partial charge in [-0.25, -0.2) is 8.42 Å². The van der Waals surface area contributed by atoms with E-state index >= 15 is 0 Å². The first kappa shape index (κ1) is 19.9. The standard InChI is InChI=1S/C18H35N3O2S/c1-5-7-8-18(6-2)13-16(15(19)14-20-18)21-11-9-17(3,10-12-21)24(4,22)23/h14-16H,5-13,19H2,1-4H3. The van der Waals surface area contributed by atoms with Crippen molar-refractivity contribution >= 4 is 16.1 Å². The molecule has 2 aliphatic heterocycles. The van der Waals surface area contributed by atoms with Gasteiger partial charge >= 0.3 is 0 Å². The normalized spacial score (nSPS) is 34.4. The van der Waals surface area contributed by atoms with Crippen LogP contribution in [0.4, 0.5) is 0 Å². The minimum atomic E-state index is -3.02. The summed E-state index contributed by atoms with van der Waals surface area (Å²) < 4.78 is 23.5. The number of aliphatic imine (C=N–C) groups is 1. The summed E-state index contributed by atoms with van der Waals surface area (Å²) in [6.45, 7) is 7.94. The molecule has 2 rings (SSSR count). The Kier molecular flexibility index (Phi) is 6.14. The molecule has 1 fully saturated rings. The maximum absolute atomic E-state index is 12.1. The highest BCUT2D eigenvalue weighted by molar-refractivity contribution is 7.92. The van der Waals surface area contributed by atoms with Crippen LogP contribution in [0.3, 0.4) is 0 Å². The maximum atomic E-state index is 12.1. The SMILES string of the molecule is CCCCC1(CC)CC(N2CCC(C)(S(C)(=O)=O)CC2)C(N)C=N1. The van der Waals surface area contributed by atoms with Crippen molar-refractivity contribution in [2.75, 3.05) is 19.3 Å². The third-order valence-corrected chi connectivity index (χ3v) is 8.63. The molecule has 2 aliphatic rings. The third-order valence-electron chi connectivity index (χ3n) is 6.43. The maximum Gasteiger partial charge on any atom is 0.152 e. The monoisotopic (exact) mass is 357 g/mol. The summed E-state index contributed by atoms with van der Waals surface area (Å²) in [4.78, 5) is 7.25. The number of nitrogens with two attached hydrogens (primary N) is 1. The zero-order valence-corrected chi connectivity index (χ0v) is 16.6. The topological polar surface area (TPSA) is 75.8 Å². The Labute approximate surface area is 148 Å². The van der Waals surface area contributed by atoms with Crippen LogP contribution < -0.4 is 5.73 Å². The van der Waals surface area contributed by atoms with Crippen LogP contribution in [-0.4, -0.2) is 61.2 Å². The Morgan fingerprint density at radius 3 is 2.42 bits per heavy atom. The average molecular weight is 358 g/mol. The summed E-state index contributed by atoms with van der Waals surface area (Å²) >= 11 is 0. The first-order chi connectivity index (χ1) is 11.2. The Balaban J connectivity index is 2.08. The lowest BCUT2D eigenvalue weighted by Crippen LogP contribution is -2.59. The van der Waals surface area contributed by atoms with Crippen LogP contribution in [0.25, 0.3) is 0 Å². The van der Waals surface area contributed by atoms with Gasteiger partial charge in [0.15, 0.2) is 9.84 Å². The van der Waals surface area contributed by atoms with Gasteiger partial charge in [0.1, 0.15) is 0 Å². The van der Waals surface area contributed by atoms with Crippen molar-refractivity contribution in [3.05, 3.63) is 0 Å². The highest BCUT2D eigenvalue weighted by Gasteiger charge is 2.44. The average Bonchev–Trinajstić information content (AvgIpc) is 2.54. The quantitative estimate of drug-likeness (QED) is 0.792. The van der Waals surface area contributed by atoms with Crippen LogP contribution in [0.2, 0.25) is 0 Å². The van der Waals surface area contributed by atoms with Crippen molar-refractivity contribution in [2.45, 2.75) is 88.1 Å². The van der Waals surface area contributed by atoms with E-state index in [0.29, 0.717) is 12.8 Å². The Bertz CT molecular complexity index is 553. The van der Waals surface area contributed by atoms with E-state index in [1.54, 1.807) is 0 Å². The van der Waals surface area contributed by atoms with Crippen LogP contribution in [0.15, 0.2) is 4.99 Å². The number of nitrogens with zero attached hydrogens (tertiary/aromatic N) is 2. The van der Waals surface area contributed by atoms with Crippen molar-refractivity contribution in [2.24, 2.45) is 10.7 Å². The van der Waals surface area contributed by atoms with E-state index in [9.17, 15) is 8.42 Å². The molecule has 0 spiro atoms. The molecule has 0 saturated carbocycles. The molecule has 0 radical (unpaired) electrons. The summed E-state index contributed by atoms with van der Waals surface area (Å²) in [5.74, 6) is 0. The molecule has 6 heteroatoms. The molecule has 1 saturated heterocycles. The van der Waals surface area contributed by atoms with Crippen LogP contribution in [0.5, 0.6) is 0 Å². The number of hydrogen-bond acceptors (Lipinski definition) is 5. The minimum absolute atomic E-state index is 0.0220. The fourth-order valence-corrected chi connectivity index (χ4v) is 5.00. The molecule has 2 N–H and O–H groups in total. The fraction of sp³-hybridized carbons (Fsp3) is 0.944. The second-order valence-electron chi connectivity index (χ2n) is 8.07. The van der Waals surface area contributed by atoms with Crippen molar-refractivity contribution in [3.8, 4) is 0 Å². The van der Waals surface area contributed by atoms with E-state index in [1.807, 2.05) is 13.1 Å².